The summed E-state index contributed by atoms with van der Waals surface area (Å²) in [5.74, 6) is 0.771. The van der Waals surface area contributed by atoms with Crippen LogP contribution < -0.4 is 5.32 Å². The van der Waals surface area contributed by atoms with Crippen molar-refractivity contribution in [3.63, 3.8) is 0 Å². The lowest BCUT2D eigenvalue weighted by molar-refractivity contribution is 0.515. The number of nitrogens with zero attached hydrogens (tertiary/aromatic N) is 2. The van der Waals surface area contributed by atoms with E-state index < -0.39 is 0 Å². The van der Waals surface area contributed by atoms with Crippen molar-refractivity contribution in [2.75, 3.05) is 6.54 Å². The minimum atomic E-state index is 0.0996. The van der Waals surface area contributed by atoms with Crippen LogP contribution in [0.5, 0.6) is 0 Å². The van der Waals surface area contributed by atoms with Crippen molar-refractivity contribution >= 4 is 23.2 Å². The Balaban J connectivity index is 2.26. The number of benzene rings is 1. The average Bonchev–Trinajstić information content (AvgIpc) is 2.47. The molecule has 1 N–H and O–H groups in total. The van der Waals surface area contributed by atoms with Gasteiger partial charge in [-0.25, -0.2) is 9.97 Å². The Morgan fingerprint density at radius 1 is 1.24 bits per heavy atom. The first-order chi connectivity index (χ1) is 10.1. The fourth-order valence-corrected chi connectivity index (χ4v) is 2.59. The number of rotatable bonds is 6. The normalized spacial score (nSPS) is 12.4. The first-order valence-electron chi connectivity index (χ1n) is 7.07. The van der Waals surface area contributed by atoms with E-state index in [-0.39, 0.29) is 6.04 Å². The highest BCUT2D eigenvalue weighted by molar-refractivity contribution is 6.42. The van der Waals surface area contributed by atoms with E-state index >= 15 is 0 Å². The molecule has 5 heteroatoms. The van der Waals surface area contributed by atoms with Gasteiger partial charge in [-0.05, 0) is 44.0 Å². The predicted octanol–water partition coefficient (Wildman–Crippen LogP) is 4.38. The maximum atomic E-state index is 6.30. The van der Waals surface area contributed by atoms with Crippen LogP contribution in [0.4, 0.5) is 0 Å². The van der Waals surface area contributed by atoms with Crippen molar-refractivity contribution in [3.05, 3.63) is 57.6 Å². The van der Waals surface area contributed by atoms with Crippen LogP contribution in [0.2, 0.25) is 10.0 Å². The number of hydrogen-bond acceptors (Lipinski definition) is 3. The highest BCUT2D eigenvalue weighted by atomic mass is 35.5. The summed E-state index contributed by atoms with van der Waals surface area (Å²) in [6, 6.07) is 7.77. The molecule has 1 aromatic carbocycles. The molecule has 1 atom stereocenters. The Morgan fingerprint density at radius 2 is 2.05 bits per heavy atom. The van der Waals surface area contributed by atoms with Gasteiger partial charge in [0.1, 0.15) is 5.82 Å². The third-order valence-corrected chi connectivity index (χ3v) is 4.11. The van der Waals surface area contributed by atoms with Gasteiger partial charge in [0.15, 0.2) is 0 Å². The molecule has 3 nitrogen and oxygen atoms in total. The quantitative estimate of drug-likeness (QED) is 0.857. The van der Waals surface area contributed by atoms with Crippen molar-refractivity contribution in [1.29, 1.82) is 0 Å². The molecule has 1 heterocycles. The lowest BCUT2D eigenvalue weighted by Gasteiger charge is -2.19. The molecule has 0 spiro atoms. The SMILES string of the molecule is CCCNC(Cc1cccc(Cl)c1Cl)c1ccnc(C)n1. The fraction of sp³-hybridized carbons (Fsp3) is 0.375. The highest BCUT2D eigenvalue weighted by Gasteiger charge is 2.16. The lowest BCUT2D eigenvalue weighted by atomic mass is 10.0. The minimum Gasteiger partial charge on any atom is -0.308 e. The standard InChI is InChI=1S/C16H19Cl2N3/c1-3-8-20-15(14-7-9-19-11(2)21-14)10-12-5-4-6-13(17)16(12)18/h4-7,9,15,20H,3,8,10H2,1-2H3. The van der Waals surface area contributed by atoms with Crippen molar-refractivity contribution in [3.8, 4) is 0 Å². The summed E-state index contributed by atoms with van der Waals surface area (Å²) in [5, 5.41) is 4.72. The molecule has 0 bridgehead atoms. The van der Waals surface area contributed by atoms with Gasteiger partial charge in [-0.3, -0.25) is 0 Å². The third-order valence-electron chi connectivity index (χ3n) is 3.25. The lowest BCUT2D eigenvalue weighted by Crippen LogP contribution is -2.25. The van der Waals surface area contributed by atoms with E-state index in [1.165, 1.54) is 0 Å². The molecule has 0 aliphatic heterocycles. The van der Waals surface area contributed by atoms with E-state index in [1.807, 2.05) is 25.1 Å². The molecule has 0 aliphatic rings. The molecule has 0 radical (unpaired) electrons. The largest absolute Gasteiger partial charge is 0.308 e. The van der Waals surface area contributed by atoms with Crippen molar-refractivity contribution in [2.24, 2.45) is 0 Å². The second-order valence-electron chi connectivity index (χ2n) is 4.95. The van der Waals surface area contributed by atoms with E-state index in [0.717, 1.165) is 36.5 Å². The van der Waals surface area contributed by atoms with Gasteiger partial charge in [0.25, 0.3) is 0 Å². The summed E-state index contributed by atoms with van der Waals surface area (Å²) in [6.07, 6.45) is 3.59. The van der Waals surface area contributed by atoms with Gasteiger partial charge >= 0.3 is 0 Å². The molecular formula is C16H19Cl2N3. The molecule has 21 heavy (non-hydrogen) atoms. The van der Waals surface area contributed by atoms with Gasteiger partial charge in [0.05, 0.1) is 21.8 Å². The van der Waals surface area contributed by atoms with Crippen LogP contribution in [0.1, 0.15) is 36.5 Å². The summed E-state index contributed by atoms with van der Waals surface area (Å²) in [5.41, 5.74) is 2.00. The van der Waals surface area contributed by atoms with E-state index in [4.69, 9.17) is 23.2 Å². The summed E-state index contributed by atoms with van der Waals surface area (Å²) in [6.45, 7) is 4.96. The van der Waals surface area contributed by atoms with Crippen LogP contribution in [0.25, 0.3) is 0 Å². The molecule has 2 aromatic rings. The summed E-state index contributed by atoms with van der Waals surface area (Å²) in [7, 11) is 0. The van der Waals surface area contributed by atoms with E-state index in [0.29, 0.717) is 10.0 Å². The van der Waals surface area contributed by atoms with Gasteiger partial charge in [-0.15, -0.1) is 0 Å². The smallest absolute Gasteiger partial charge is 0.125 e. The zero-order valence-electron chi connectivity index (χ0n) is 12.2. The minimum absolute atomic E-state index is 0.0996. The Hall–Kier alpha value is -1.16. The number of aromatic nitrogens is 2. The Kier molecular flexibility index (Phi) is 5.97. The van der Waals surface area contributed by atoms with Gasteiger partial charge in [-0.1, -0.05) is 42.3 Å². The van der Waals surface area contributed by atoms with Gasteiger partial charge in [0.2, 0.25) is 0 Å². The van der Waals surface area contributed by atoms with Crippen molar-refractivity contribution < 1.29 is 0 Å². The van der Waals surface area contributed by atoms with Crippen molar-refractivity contribution in [1.82, 2.24) is 15.3 Å². The topological polar surface area (TPSA) is 37.8 Å². The average molecular weight is 324 g/mol. The van der Waals surface area contributed by atoms with Gasteiger partial charge in [-0.2, -0.15) is 0 Å². The molecular weight excluding hydrogens is 305 g/mol. The van der Waals surface area contributed by atoms with Gasteiger partial charge < -0.3 is 5.32 Å². The van der Waals surface area contributed by atoms with Gasteiger partial charge in [0, 0.05) is 6.20 Å². The predicted molar refractivity (Wildman–Crippen MR) is 88.0 cm³/mol. The number of aryl methyl sites for hydroxylation is 1. The number of hydrogen-bond donors (Lipinski definition) is 1. The number of halogens is 2. The first kappa shape index (κ1) is 16.2. The van der Waals surface area contributed by atoms with E-state index in [9.17, 15) is 0 Å². The second kappa shape index (κ2) is 7.74. The molecule has 112 valence electrons. The summed E-state index contributed by atoms with van der Waals surface area (Å²) >= 11 is 12.4. The second-order valence-corrected chi connectivity index (χ2v) is 5.74. The molecule has 0 amide bonds. The Morgan fingerprint density at radius 3 is 2.76 bits per heavy atom. The number of nitrogens with one attached hydrogen (secondary N) is 1. The van der Waals surface area contributed by atoms with Crippen LogP contribution in [0.15, 0.2) is 30.5 Å². The van der Waals surface area contributed by atoms with Crippen molar-refractivity contribution in [2.45, 2.75) is 32.7 Å². The molecule has 1 unspecified atom stereocenters. The van der Waals surface area contributed by atoms with E-state index in [1.54, 1.807) is 12.3 Å². The molecule has 0 aliphatic carbocycles. The van der Waals surface area contributed by atoms with Crippen LogP contribution >= 0.6 is 23.2 Å². The fourth-order valence-electron chi connectivity index (χ4n) is 2.19. The summed E-state index contributed by atoms with van der Waals surface area (Å²) < 4.78 is 0. The van der Waals surface area contributed by atoms with Crippen LogP contribution in [0, 0.1) is 6.92 Å². The molecule has 0 saturated heterocycles. The zero-order chi connectivity index (χ0) is 15.2. The van der Waals surface area contributed by atoms with Crippen LogP contribution in [-0.2, 0) is 6.42 Å². The first-order valence-corrected chi connectivity index (χ1v) is 7.83. The van der Waals surface area contributed by atoms with E-state index in [2.05, 4.69) is 22.2 Å². The maximum absolute atomic E-state index is 6.30. The monoisotopic (exact) mass is 323 g/mol. The van der Waals surface area contributed by atoms with Crippen LogP contribution in [-0.4, -0.2) is 16.5 Å². The summed E-state index contributed by atoms with van der Waals surface area (Å²) in [4.78, 5) is 8.68. The highest BCUT2D eigenvalue weighted by Crippen LogP contribution is 2.28. The molecule has 1 aromatic heterocycles. The zero-order valence-corrected chi connectivity index (χ0v) is 13.7. The van der Waals surface area contributed by atoms with Crippen LogP contribution in [0.3, 0.4) is 0 Å². The molecule has 2 rings (SSSR count). The Bertz CT molecular complexity index is 602. The molecule has 0 saturated carbocycles. The molecule has 0 fully saturated rings. The Labute approximate surface area is 135 Å². The third kappa shape index (κ3) is 4.40. The maximum Gasteiger partial charge on any atom is 0.125 e.